The molecule has 0 aliphatic rings. The monoisotopic (exact) mass is 336 g/mol. The fourth-order valence-corrected chi connectivity index (χ4v) is 0.871. The highest BCUT2D eigenvalue weighted by molar-refractivity contribution is 4.75. The third-order valence-corrected chi connectivity index (χ3v) is 2.21. The summed E-state index contributed by atoms with van der Waals surface area (Å²) in [5.74, 6) is 0. The topological polar surface area (TPSA) is 0 Å². The zero-order chi connectivity index (χ0) is 19.9. The zero-order valence-corrected chi connectivity index (χ0v) is 18.3. The number of unbranched alkanes of at least 4 members (excludes halogenated alkanes) is 3. The van der Waals surface area contributed by atoms with E-state index >= 15 is 0 Å². The molecule has 0 spiro atoms. The third-order valence-electron chi connectivity index (χ3n) is 2.21. The fraction of sp³-hybridized carbons (Fsp3) is 0.583. The van der Waals surface area contributed by atoms with Crippen molar-refractivity contribution in [2.24, 2.45) is 0 Å². The molecule has 0 rings (SSSR count). The van der Waals surface area contributed by atoms with Gasteiger partial charge in [-0.1, -0.05) is 88.6 Å². The molecule has 0 amide bonds. The van der Waals surface area contributed by atoms with Crippen LogP contribution in [0.25, 0.3) is 0 Å². The minimum atomic E-state index is 1.15. The molecule has 24 heavy (non-hydrogen) atoms. The minimum absolute atomic E-state index is 1.15. The van der Waals surface area contributed by atoms with Gasteiger partial charge in [0.1, 0.15) is 0 Å². The Balaban J connectivity index is -0.0000000641. The summed E-state index contributed by atoms with van der Waals surface area (Å²) in [5.41, 5.74) is 0. The molecular formula is C24H48. The van der Waals surface area contributed by atoms with Crippen LogP contribution in [0.1, 0.15) is 93.9 Å². The Morgan fingerprint density at radius 2 is 0.833 bits per heavy atom. The van der Waals surface area contributed by atoms with E-state index in [1.165, 1.54) is 32.1 Å². The van der Waals surface area contributed by atoms with Crippen molar-refractivity contribution in [2.75, 3.05) is 0 Å². The second-order valence-electron chi connectivity index (χ2n) is 4.87. The maximum absolute atomic E-state index is 3.55. The molecule has 0 aliphatic heterocycles. The van der Waals surface area contributed by atoms with Crippen molar-refractivity contribution in [1.82, 2.24) is 0 Å². The Labute approximate surface area is 156 Å². The number of rotatable bonds is 6. The van der Waals surface area contributed by atoms with E-state index in [-0.39, 0.29) is 0 Å². The van der Waals surface area contributed by atoms with Gasteiger partial charge in [-0.3, -0.25) is 0 Å². The molecule has 0 aromatic heterocycles. The Kier molecular flexibility index (Phi) is 82.0. The van der Waals surface area contributed by atoms with Crippen molar-refractivity contribution in [3.8, 4) is 0 Å². The first kappa shape index (κ1) is 34.1. The molecule has 0 bridgehead atoms. The third kappa shape index (κ3) is 135. The SMILES string of the molecule is C/C=C/C.C/C=C/CCC.C/C=C/CCC.C=CC.C=CCCC. The maximum Gasteiger partial charge on any atom is -0.0353 e. The Morgan fingerprint density at radius 3 is 0.875 bits per heavy atom. The van der Waals surface area contributed by atoms with Crippen LogP contribution in [0.5, 0.6) is 0 Å². The largest absolute Gasteiger partial charge is 0.103 e. The van der Waals surface area contributed by atoms with E-state index in [0.29, 0.717) is 0 Å². The van der Waals surface area contributed by atoms with Gasteiger partial charge >= 0.3 is 0 Å². The normalized spacial score (nSPS) is 8.83. The summed E-state index contributed by atoms with van der Waals surface area (Å²) in [4.78, 5) is 0. The van der Waals surface area contributed by atoms with Gasteiger partial charge < -0.3 is 0 Å². The van der Waals surface area contributed by atoms with Crippen molar-refractivity contribution in [3.05, 3.63) is 61.8 Å². The molecule has 0 radical (unpaired) electrons. The Bertz CT molecular complexity index is 223. The van der Waals surface area contributed by atoms with Gasteiger partial charge in [0.25, 0.3) is 0 Å². The van der Waals surface area contributed by atoms with E-state index < -0.39 is 0 Å². The maximum atomic E-state index is 3.55. The molecule has 0 N–H and O–H groups in total. The van der Waals surface area contributed by atoms with Gasteiger partial charge in [0.05, 0.1) is 0 Å². The van der Waals surface area contributed by atoms with E-state index in [4.69, 9.17) is 0 Å². The molecule has 144 valence electrons. The van der Waals surface area contributed by atoms with Gasteiger partial charge in [-0.2, -0.15) is 0 Å². The lowest BCUT2D eigenvalue weighted by Gasteiger charge is -1.76. The fourth-order valence-electron chi connectivity index (χ4n) is 0.871. The van der Waals surface area contributed by atoms with Crippen molar-refractivity contribution < 1.29 is 0 Å². The predicted octanol–water partition coefficient (Wildman–Crippen LogP) is 9.47. The summed E-state index contributed by atoms with van der Waals surface area (Å²) in [5, 5.41) is 0. The summed E-state index contributed by atoms with van der Waals surface area (Å²) in [7, 11) is 0. The zero-order valence-electron chi connectivity index (χ0n) is 18.3. The van der Waals surface area contributed by atoms with Crippen LogP contribution in [0.3, 0.4) is 0 Å². The summed E-state index contributed by atoms with van der Waals surface area (Å²) in [6, 6.07) is 0. The van der Waals surface area contributed by atoms with Gasteiger partial charge in [0, 0.05) is 0 Å². The molecule has 0 saturated heterocycles. The smallest absolute Gasteiger partial charge is 0.0353 e. The van der Waals surface area contributed by atoms with Gasteiger partial charge in [-0.05, 0) is 53.9 Å². The van der Waals surface area contributed by atoms with E-state index in [2.05, 4.69) is 72.1 Å². The van der Waals surface area contributed by atoms with Crippen LogP contribution in [0, 0.1) is 0 Å². The second-order valence-corrected chi connectivity index (χ2v) is 4.87. The lowest BCUT2D eigenvalue weighted by Crippen LogP contribution is -1.55. The molecule has 0 heteroatoms. The standard InChI is InChI=1S/2C6H12.C5H10.C4H8.C3H6/c2*1-3-5-6-4-2;1-3-5-4-2;1-3-4-2;1-3-2/h2*3,5H,4,6H2,1-2H3;3H,1,4-5H2,2H3;3-4H,1-2H3;3H,1H2,2H3/b2*5-3+;;4-3+;. The van der Waals surface area contributed by atoms with Crippen molar-refractivity contribution in [2.45, 2.75) is 93.9 Å². The first-order chi connectivity index (χ1) is 11.6. The van der Waals surface area contributed by atoms with Crippen LogP contribution in [0.4, 0.5) is 0 Å². The molecule has 0 saturated carbocycles. The number of hydrogen-bond acceptors (Lipinski definition) is 0. The molecule has 0 aromatic carbocycles. The molecular weight excluding hydrogens is 288 g/mol. The summed E-state index contributed by atoms with van der Waals surface area (Å²) in [6.45, 7) is 23.4. The van der Waals surface area contributed by atoms with Gasteiger partial charge in [0.2, 0.25) is 0 Å². The predicted molar refractivity (Wildman–Crippen MR) is 121 cm³/mol. The molecule has 0 heterocycles. The number of hydrogen-bond donors (Lipinski definition) is 0. The summed E-state index contributed by atoms with van der Waals surface area (Å²) in [6.07, 6.45) is 23.6. The van der Waals surface area contributed by atoms with E-state index in [1.807, 2.05) is 39.0 Å². The molecule has 0 nitrogen and oxygen atoms in total. The quantitative estimate of drug-likeness (QED) is 0.423. The van der Waals surface area contributed by atoms with Gasteiger partial charge in [-0.25, -0.2) is 0 Å². The highest BCUT2D eigenvalue weighted by Crippen LogP contribution is 1.86. The Hall–Kier alpha value is -1.30. The Morgan fingerprint density at radius 1 is 0.542 bits per heavy atom. The molecule has 0 unspecified atom stereocenters. The summed E-state index contributed by atoms with van der Waals surface area (Å²) >= 11 is 0. The van der Waals surface area contributed by atoms with Crippen molar-refractivity contribution in [1.29, 1.82) is 0 Å². The number of allylic oxidation sites excluding steroid dienone is 8. The highest BCUT2D eigenvalue weighted by Gasteiger charge is 1.65. The first-order valence-corrected chi connectivity index (χ1v) is 9.55. The second kappa shape index (κ2) is 57.6. The van der Waals surface area contributed by atoms with Crippen LogP contribution in [0.15, 0.2) is 61.8 Å². The molecule has 0 aromatic rings. The van der Waals surface area contributed by atoms with Gasteiger partial charge in [-0.15, -0.1) is 13.2 Å². The van der Waals surface area contributed by atoms with Crippen LogP contribution in [-0.2, 0) is 0 Å². The molecule has 0 fully saturated rings. The average molecular weight is 337 g/mol. The van der Waals surface area contributed by atoms with Crippen molar-refractivity contribution >= 4 is 0 Å². The van der Waals surface area contributed by atoms with E-state index in [9.17, 15) is 0 Å². The lowest BCUT2D eigenvalue weighted by atomic mass is 10.3. The first-order valence-electron chi connectivity index (χ1n) is 9.55. The van der Waals surface area contributed by atoms with Crippen molar-refractivity contribution in [3.63, 3.8) is 0 Å². The highest BCUT2D eigenvalue weighted by atomic mass is 13.7. The van der Waals surface area contributed by atoms with Crippen LogP contribution < -0.4 is 0 Å². The van der Waals surface area contributed by atoms with Crippen LogP contribution in [0.2, 0.25) is 0 Å². The van der Waals surface area contributed by atoms with Crippen LogP contribution >= 0.6 is 0 Å². The van der Waals surface area contributed by atoms with E-state index in [1.54, 1.807) is 6.08 Å². The summed E-state index contributed by atoms with van der Waals surface area (Å²) < 4.78 is 0. The minimum Gasteiger partial charge on any atom is -0.103 e. The molecule has 0 atom stereocenters. The molecule has 0 aliphatic carbocycles. The lowest BCUT2D eigenvalue weighted by molar-refractivity contribution is 0.957. The average Bonchev–Trinajstić information content (AvgIpc) is 2.61. The van der Waals surface area contributed by atoms with Crippen LogP contribution in [-0.4, -0.2) is 0 Å². The van der Waals surface area contributed by atoms with E-state index in [0.717, 1.165) is 6.42 Å². The van der Waals surface area contributed by atoms with Gasteiger partial charge in [0.15, 0.2) is 0 Å².